The van der Waals surface area contributed by atoms with Gasteiger partial charge in [0.15, 0.2) is 0 Å². The van der Waals surface area contributed by atoms with Crippen molar-refractivity contribution in [2.75, 3.05) is 13.1 Å². The fourth-order valence-corrected chi connectivity index (χ4v) is 1.41. The molecule has 0 atom stereocenters. The van der Waals surface area contributed by atoms with Crippen molar-refractivity contribution in [3.05, 3.63) is 18.2 Å². The lowest BCUT2D eigenvalue weighted by molar-refractivity contribution is 0.342. The highest BCUT2D eigenvalue weighted by Gasteiger charge is 2.22. The Morgan fingerprint density at radius 2 is 2.15 bits per heavy atom. The van der Waals surface area contributed by atoms with Crippen LogP contribution >= 0.6 is 0 Å². The van der Waals surface area contributed by atoms with E-state index in [-0.39, 0.29) is 5.41 Å². The fourth-order valence-electron chi connectivity index (χ4n) is 1.41. The van der Waals surface area contributed by atoms with Crippen molar-refractivity contribution in [1.29, 1.82) is 0 Å². The molecule has 0 saturated carbocycles. The second kappa shape index (κ2) is 2.84. The maximum absolute atomic E-state index is 4.43. The van der Waals surface area contributed by atoms with Crippen LogP contribution in [-0.2, 0) is 5.41 Å². The molecule has 3 nitrogen and oxygen atoms in total. The molecule has 2 rings (SSSR count). The van der Waals surface area contributed by atoms with Gasteiger partial charge in [-0.15, -0.1) is 0 Å². The lowest BCUT2D eigenvalue weighted by Crippen LogP contribution is -2.42. The standard InChI is InChI=1S/C10H17N3/c1-10(2,3)9-6-13(7-12-9)8-4-11-5-8/h6-8,11H,4-5H2,1-3H3. The summed E-state index contributed by atoms with van der Waals surface area (Å²) >= 11 is 0. The summed E-state index contributed by atoms with van der Waals surface area (Å²) in [5.41, 5.74) is 1.35. The van der Waals surface area contributed by atoms with E-state index in [1.54, 1.807) is 0 Å². The second-order valence-electron chi connectivity index (χ2n) is 4.77. The number of nitrogens with one attached hydrogen (secondary N) is 1. The van der Waals surface area contributed by atoms with Crippen molar-refractivity contribution >= 4 is 0 Å². The quantitative estimate of drug-likeness (QED) is 0.704. The van der Waals surface area contributed by atoms with Gasteiger partial charge in [0.25, 0.3) is 0 Å². The van der Waals surface area contributed by atoms with E-state index in [1.165, 1.54) is 5.69 Å². The minimum absolute atomic E-state index is 0.169. The molecule has 0 bridgehead atoms. The SMILES string of the molecule is CC(C)(C)c1cn(C2CNC2)cn1. The maximum Gasteiger partial charge on any atom is 0.0953 e. The Morgan fingerprint density at radius 3 is 2.54 bits per heavy atom. The summed E-state index contributed by atoms with van der Waals surface area (Å²) in [6.07, 6.45) is 4.12. The number of nitrogens with zero attached hydrogens (tertiary/aromatic N) is 2. The average Bonchev–Trinajstić information content (AvgIpc) is 2.29. The lowest BCUT2D eigenvalue weighted by atomic mass is 9.93. The van der Waals surface area contributed by atoms with Crippen LogP contribution in [0.2, 0.25) is 0 Å². The Labute approximate surface area is 79.2 Å². The largest absolute Gasteiger partial charge is 0.332 e. The van der Waals surface area contributed by atoms with Crippen LogP contribution in [0.25, 0.3) is 0 Å². The molecule has 1 N–H and O–H groups in total. The molecule has 0 aromatic carbocycles. The third-order valence-corrected chi connectivity index (χ3v) is 2.55. The van der Waals surface area contributed by atoms with Gasteiger partial charge in [0.05, 0.1) is 18.1 Å². The van der Waals surface area contributed by atoms with Gasteiger partial charge >= 0.3 is 0 Å². The topological polar surface area (TPSA) is 29.9 Å². The molecule has 1 fully saturated rings. The molecule has 2 heterocycles. The van der Waals surface area contributed by atoms with E-state index in [0.717, 1.165) is 13.1 Å². The monoisotopic (exact) mass is 179 g/mol. The molecular weight excluding hydrogens is 162 g/mol. The minimum Gasteiger partial charge on any atom is -0.332 e. The highest BCUT2D eigenvalue weighted by atomic mass is 15.2. The summed E-state index contributed by atoms with van der Waals surface area (Å²) in [7, 11) is 0. The first-order valence-corrected chi connectivity index (χ1v) is 4.82. The summed E-state index contributed by atoms with van der Waals surface area (Å²) < 4.78 is 2.22. The van der Waals surface area contributed by atoms with Gasteiger partial charge in [-0.3, -0.25) is 0 Å². The van der Waals surface area contributed by atoms with Crippen molar-refractivity contribution in [1.82, 2.24) is 14.9 Å². The van der Waals surface area contributed by atoms with E-state index in [2.05, 4.69) is 41.8 Å². The van der Waals surface area contributed by atoms with Gasteiger partial charge in [-0.1, -0.05) is 20.8 Å². The summed E-state index contributed by atoms with van der Waals surface area (Å²) in [4.78, 5) is 4.43. The van der Waals surface area contributed by atoms with Crippen molar-refractivity contribution in [3.8, 4) is 0 Å². The van der Waals surface area contributed by atoms with Gasteiger partial charge < -0.3 is 9.88 Å². The molecule has 0 radical (unpaired) electrons. The molecule has 1 aliphatic heterocycles. The number of imidazole rings is 1. The van der Waals surface area contributed by atoms with E-state index in [0.29, 0.717) is 6.04 Å². The van der Waals surface area contributed by atoms with Gasteiger partial charge in [-0.25, -0.2) is 4.98 Å². The van der Waals surface area contributed by atoms with Gasteiger partial charge in [-0.2, -0.15) is 0 Å². The Bertz CT molecular complexity index is 291. The van der Waals surface area contributed by atoms with Crippen molar-refractivity contribution < 1.29 is 0 Å². The molecular formula is C10H17N3. The first-order valence-electron chi connectivity index (χ1n) is 4.82. The van der Waals surface area contributed by atoms with Crippen molar-refractivity contribution in [2.24, 2.45) is 0 Å². The van der Waals surface area contributed by atoms with E-state index in [1.807, 2.05) is 6.33 Å². The van der Waals surface area contributed by atoms with Crippen LogP contribution in [0.1, 0.15) is 32.5 Å². The van der Waals surface area contributed by atoms with Crippen molar-refractivity contribution in [3.63, 3.8) is 0 Å². The molecule has 72 valence electrons. The maximum atomic E-state index is 4.43. The first-order chi connectivity index (χ1) is 6.07. The summed E-state index contributed by atoms with van der Waals surface area (Å²) in [5.74, 6) is 0. The van der Waals surface area contributed by atoms with Gasteiger partial charge in [0.1, 0.15) is 0 Å². The van der Waals surface area contributed by atoms with Gasteiger partial charge in [0.2, 0.25) is 0 Å². The van der Waals surface area contributed by atoms with E-state index >= 15 is 0 Å². The Balaban J connectivity index is 2.17. The highest BCUT2D eigenvalue weighted by Crippen LogP contribution is 2.21. The third-order valence-electron chi connectivity index (χ3n) is 2.55. The van der Waals surface area contributed by atoms with Crippen LogP contribution in [0.3, 0.4) is 0 Å². The number of aromatic nitrogens is 2. The predicted octanol–water partition coefficient (Wildman–Crippen LogP) is 1.32. The molecule has 0 spiro atoms. The highest BCUT2D eigenvalue weighted by molar-refractivity contribution is 5.10. The summed E-state index contributed by atoms with van der Waals surface area (Å²) in [5, 5.41) is 3.26. The van der Waals surface area contributed by atoms with Crippen LogP contribution < -0.4 is 5.32 Å². The van der Waals surface area contributed by atoms with Crippen molar-refractivity contribution in [2.45, 2.75) is 32.2 Å². The molecule has 3 heteroatoms. The van der Waals surface area contributed by atoms with Gasteiger partial charge in [0, 0.05) is 24.7 Å². The van der Waals surface area contributed by atoms with Crippen LogP contribution in [0.4, 0.5) is 0 Å². The molecule has 1 aromatic heterocycles. The Kier molecular flexibility index (Phi) is 1.91. The zero-order valence-corrected chi connectivity index (χ0v) is 8.54. The molecule has 1 aliphatic rings. The number of hydrogen-bond acceptors (Lipinski definition) is 2. The van der Waals surface area contributed by atoms with E-state index in [4.69, 9.17) is 0 Å². The van der Waals surface area contributed by atoms with E-state index in [9.17, 15) is 0 Å². The van der Waals surface area contributed by atoms with Crippen LogP contribution in [0.15, 0.2) is 12.5 Å². The smallest absolute Gasteiger partial charge is 0.0953 e. The molecule has 0 unspecified atom stereocenters. The molecule has 13 heavy (non-hydrogen) atoms. The zero-order valence-electron chi connectivity index (χ0n) is 8.54. The average molecular weight is 179 g/mol. The summed E-state index contributed by atoms with van der Waals surface area (Å²) in [6, 6.07) is 0.628. The molecule has 0 amide bonds. The fraction of sp³-hybridized carbons (Fsp3) is 0.700. The first kappa shape index (κ1) is 8.75. The normalized spacial score (nSPS) is 18.7. The van der Waals surface area contributed by atoms with Crippen LogP contribution in [0, 0.1) is 0 Å². The minimum atomic E-state index is 0.169. The molecule has 0 aliphatic carbocycles. The third kappa shape index (κ3) is 1.61. The van der Waals surface area contributed by atoms with Crippen LogP contribution in [-0.4, -0.2) is 22.6 Å². The zero-order chi connectivity index (χ0) is 9.47. The lowest BCUT2D eigenvalue weighted by Gasteiger charge is -2.28. The number of hydrogen-bond donors (Lipinski definition) is 1. The number of rotatable bonds is 1. The summed E-state index contributed by atoms with van der Waals surface area (Å²) in [6.45, 7) is 8.75. The second-order valence-corrected chi connectivity index (χ2v) is 4.77. The molecule has 1 saturated heterocycles. The van der Waals surface area contributed by atoms with Gasteiger partial charge in [-0.05, 0) is 0 Å². The van der Waals surface area contributed by atoms with E-state index < -0.39 is 0 Å². The van der Waals surface area contributed by atoms with Crippen LogP contribution in [0.5, 0.6) is 0 Å². The molecule has 1 aromatic rings. The predicted molar refractivity (Wildman–Crippen MR) is 52.8 cm³/mol. The Morgan fingerprint density at radius 1 is 1.46 bits per heavy atom. The Hall–Kier alpha value is -0.830.